The first kappa shape index (κ1) is 15.0. The van der Waals surface area contributed by atoms with Crippen molar-refractivity contribution in [3.8, 4) is 5.75 Å². The second-order valence-corrected chi connectivity index (χ2v) is 4.78. The highest BCUT2D eigenvalue weighted by Gasteiger charge is 2.00. The van der Waals surface area contributed by atoms with Crippen LogP contribution in [0.15, 0.2) is 24.3 Å². The van der Waals surface area contributed by atoms with E-state index in [1.54, 1.807) is 7.11 Å². The maximum atomic E-state index is 5.55. The van der Waals surface area contributed by atoms with Crippen LogP contribution in [0.3, 0.4) is 0 Å². The lowest BCUT2D eigenvalue weighted by Gasteiger charge is -2.10. The zero-order valence-corrected chi connectivity index (χ0v) is 11.7. The Bertz CT molecular complexity index is 326. The van der Waals surface area contributed by atoms with Gasteiger partial charge in [-0.2, -0.15) is 0 Å². The van der Waals surface area contributed by atoms with Gasteiger partial charge in [0, 0.05) is 25.3 Å². The number of hydrogen-bond acceptors (Lipinski definition) is 3. The maximum Gasteiger partial charge on any atom is 0.123 e. The van der Waals surface area contributed by atoms with E-state index in [4.69, 9.17) is 9.47 Å². The zero-order chi connectivity index (χ0) is 13.2. The largest absolute Gasteiger partial charge is 0.496 e. The third-order valence-corrected chi connectivity index (χ3v) is 2.77. The van der Waals surface area contributed by atoms with Crippen LogP contribution in [0.25, 0.3) is 0 Å². The van der Waals surface area contributed by atoms with Crippen LogP contribution >= 0.6 is 0 Å². The molecule has 0 aromatic heterocycles. The Hall–Kier alpha value is -1.06. The van der Waals surface area contributed by atoms with Crippen LogP contribution in [0.5, 0.6) is 5.75 Å². The van der Waals surface area contributed by atoms with Gasteiger partial charge in [0.05, 0.1) is 13.7 Å². The summed E-state index contributed by atoms with van der Waals surface area (Å²) in [7, 11) is 1.70. The fraction of sp³-hybridized carbons (Fsp3) is 0.600. The molecule has 0 heterocycles. The van der Waals surface area contributed by atoms with E-state index in [2.05, 4.69) is 25.2 Å². The van der Waals surface area contributed by atoms with Crippen LogP contribution in [0.1, 0.15) is 25.8 Å². The predicted molar refractivity (Wildman–Crippen MR) is 75.0 cm³/mol. The van der Waals surface area contributed by atoms with Crippen molar-refractivity contribution in [2.24, 2.45) is 5.92 Å². The summed E-state index contributed by atoms with van der Waals surface area (Å²) in [6, 6.07) is 8.07. The molecule has 3 heteroatoms. The summed E-state index contributed by atoms with van der Waals surface area (Å²) in [6.45, 7) is 7.73. The minimum Gasteiger partial charge on any atom is -0.496 e. The highest BCUT2D eigenvalue weighted by molar-refractivity contribution is 5.32. The molecule has 102 valence electrons. The molecule has 0 aliphatic carbocycles. The van der Waals surface area contributed by atoms with Gasteiger partial charge in [-0.15, -0.1) is 0 Å². The SMILES string of the molecule is COc1ccccc1CNCCOCCC(C)C. The number of rotatable bonds is 9. The van der Waals surface area contributed by atoms with Crippen molar-refractivity contribution < 1.29 is 9.47 Å². The molecule has 0 spiro atoms. The predicted octanol–water partition coefficient (Wildman–Crippen LogP) is 2.85. The van der Waals surface area contributed by atoms with Gasteiger partial charge < -0.3 is 14.8 Å². The molecule has 0 amide bonds. The zero-order valence-electron chi connectivity index (χ0n) is 11.7. The van der Waals surface area contributed by atoms with Gasteiger partial charge in [-0.1, -0.05) is 32.0 Å². The average Bonchev–Trinajstić information content (AvgIpc) is 2.37. The van der Waals surface area contributed by atoms with Crippen LogP contribution in [-0.2, 0) is 11.3 Å². The minimum absolute atomic E-state index is 0.714. The Morgan fingerprint density at radius 2 is 1.94 bits per heavy atom. The molecule has 0 unspecified atom stereocenters. The van der Waals surface area contributed by atoms with E-state index in [9.17, 15) is 0 Å². The highest BCUT2D eigenvalue weighted by Crippen LogP contribution is 2.16. The number of hydrogen-bond donors (Lipinski definition) is 1. The summed E-state index contributed by atoms with van der Waals surface area (Å²) >= 11 is 0. The van der Waals surface area contributed by atoms with Crippen molar-refractivity contribution >= 4 is 0 Å². The molecule has 0 radical (unpaired) electrons. The fourth-order valence-electron chi connectivity index (χ4n) is 1.64. The van der Waals surface area contributed by atoms with Crippen LogP contribution in [0, 0.1) is 5.92 Å². The molecule has 1 aromatic rings. The summed E-state index contributed by atoms with van der Waals surface area (Å²) in [4.78, 5) is 0. The van der Waals surface area contributed by atoms with Crippen LogP contribution in [0.4, 0.5) is 0 Å². The molecule has 1 N–H and O–H groups in total. The second kappa shape index (κ2) is 8.95. The summed E-state index contributed by atoms with van der Waals surface area (Å²) in [5.74, 6) is 1.65. The van der Waals surface area contributed by atoms with Gasteiger partial charge in [0.15, 0.2) is 0 Å². The van der Waals surface area contributed by atoms with Gasteiger partial charge in [-0.3, -0.25) is 0 Å². The van der Waals surface area contributed by atoms with E-state index in [0.717, 1.165) is 38.5 Å². The van der Waals surface area contributed by atoms with Gasteiger partial charge in [-0.05, 0) is 18.4 Å². The Morgan fingerprint density at radius 1 is 1.17 bits per heavy atom. The third kappa shape index (κ3) is 6.03. The van der Waals surface area contributed by atoms with E-state index in [0.29, 0.717) is 5.92 Å². The minimum atomic E-state index is 0.714. The lowest BCUT2D eigenvalue weighted by atomic mass is 10.1. The number of nitrogens with one attached hydrogen (secondary N) is 1. The number of benzene rings is 1. The molecule has 3 nitrogen and oxygen atoms in total. The average molecular weight is 251 g/mol. The first-order chi connectivity index (χ1) is 8.74. The number of methoxy groups -OCH3 is 1. The monoisotopic (exact) mass is 251 g/mol. The number of para-hydroxylation sites is 1. The van der Waals surface area contributed by atoms with Crippen LogP contribution in [0.2, 0.25) is 0 Å². The number of ether oxygens (including phenoxy) is 2. The van der Waals surface area contributed by atoms with Crippen molar-refractivity contribution in [1.82, 2.24) is 5.32 Å². The Labute approximate surface area is 110 Å². The molecule has 0 aliphatic heterocycles. The van der Waals surface area contributed by atoms with E-state index >= 15 is 0 Å². The molecule has 1 aromatic carbocycles. The van der Waals surface area contributed by atoms with E-state index in [1.165, 1.54) is 5.56 Å². The van der Waals surface area contributed by atoms with Crippen LogP contribution < -0.4 is 10.1 Å². The van der Waals surface area contributed by atoms with Crippen molar-refractivity contribution in [2.75, 3.05) is 26.9 Å². The van der Waals surface area contributed by atoms with E-state index < -0.39 is 0 Å². The van der Waals surface area contributed by atoms with Crippen LogP contribution in [-0.4, -0.2) is 26.9 Å². The van der Waals surface area contributed by atoms with Crippen molar-refractivity contribution in [2.45, 2.75) is 26.8 Å². The van der Waals surface area contributed by atoms with Crippen molar-refractivity contribution in [3.05, 3.63) is 29.8 Å². The molecule has 1 rings (SSSR count). The molecule has 0 aliphatic rings. The smallest absolute Gasteiger partial charge is 0.123 e. The summed E-state index contributed by atoms with van der Waals surface area (Å²) in [5.41, 5.74) is 1.18. The summed E-state index contributed by atoms with van der Waals surface area (Å²) in [5, 5.41) is 3.36. The van der Waals surface area contributed by atoms with Crippen molar-refractivity contribution in [1.29, 1.82) is 0 Å². The molecule has 0 bridgehead atoms. The quantitative estimate of drug-likeness (QED) is 0.685. The Balaban J connectivity index is 2.10. The first-order valence-electron chi connectivity index (χ1n) is 6.64. The maximum absolute atomic E-state index is 5.55. The molecule has 18 heavy (non-hydrogen) atoms. The Kier molecular flexibility index (Phi) is 7.46. The van der Waals surface area contributed by atoms with Gasteiger partial charge in [-0.25, -0.2) is 0 Å². The lowest BCUT2D eigenvalue weighted by molar-refractivity contribution is 0.125. The van der Waals surface area contributed by atoms with Gasteiger partial charge >= 0.3 is 0 Å². The second-order valence-electron chi connectivity index (χ2n) is 4.78. The highest BCUT2D eigenvalue weighted by atomic mass is 16.5. The molecule has 0 saturated heterocycles. The van der Waals surface area contributed by atoms with E-state index in [1.807, 2.05) is 18.2 Å². The lowest BCUT2D eigenvalue weighted by Crippen LogP contribution is -2.20. The standard InChI is InChI=1S/C15H25NO2/c1-13(2)8-10-18-11-9-16-12-14-6-4-5-7-15(14)17-3/h4-7,13,16H,8-12H2,1-3H3. The Morgan fingerprint density at radius 3 is 2.67 bits per heavy atom. The van der Waals surface area contributed by atoms with Gasteiger partial charge in [0.2, 0.25) is 0 Å². The third-order valence-electron chi connectivity index (χ3n) is 2.77. The summed E-state index contributed by atoms with van der Waals surface area (Å²) < 4.78 is 10.8. The van der Waals surface area contributed by atoms with E-state index in [-0.39, 0.29) is 0 Å². The fourth-order valence-corrected chi connectivity index (χ4v) is 1.64. The molecule has 0 saturated carbocycles. The molecular formula is C15H25NO2. The van der Waals surface area contributed by atoms with Gasteiger partial charge in [0.25, 0.3) is 0 Å². The normalized spacial score (nSPS) is 10.9. The van der Waals surface area contributed by atoms with Gasteiger partial charge in [0.1, 0.15) is 5.75 Å². The molecular weight excluding hydrogens is 226 g/mol. The topological polar surface area (TPSA) is 30.5 Å². The molecule has 0 fully saturated rings. The first-order valence-corrected chi connectivity index (χ1v) is 6.64. The summed E-state index contributed by atoms with van der Waals surface area (Å²) in [6.07, 6.45) is 1.13. The van der Waals surface area contributed by atoms with Crippen molar-refractivity contribution in [3.63, 3.8) is 0 Å². The molecule has 0 atom stereocenters.